The summed E-state index contributed by atoms with van der Waals surface area (Å²) in [5.41, 5.74) is 7.54. The summed E-state index contributed by atoms with van der Waals surface area (Å²) in [6.45, 7) is 3.92. The summed E-state index contributed by atoms with van der Waals surface area (Å²) < 4.78 is 18.9. The molecule has 1 saturated heterocycles. The number of amides is 2. The van der Waals surface area contributed by atoms with Crippen LogP contribution in [-0.2, 0) is 0 Å². The van der Waals surface area contributed by atoms with Gasteiger partial charge >= 0.3 is 0 Å². The minimum atomic E-state index is -0.563. The fourth-order valence-corrected chi connectivity index (χ4v) is 3.77. The van der Waals surface area contributed by atoms with Gasteiger partial charge in [0.2, 0.25) is 0 Å². The normalized spacial score (nSPS) is 14.5. The number of rotatable bonds is 5. The quantitative estimate of drug-likeness (QED) is 0.645. The lowest BCUT2D eigenvalue weighted by Gasteiger charge is -2.33. The van der Waals surface area contributed by atoms with Crippen molar-refractivity contribution in [3.05, 3.63) is 65.9 Å². The van der Waals surface area contributed by atoms with Crippen LogP contribution in [0.4, 0.5) is 15.8 Å². The summed E-state index contributed by atoms with van der Waals surface area (Å²) in [6, 6.07) is 10.8. The Bertz CT molecular complexity index is 1120. The van der Waals surface area contributed by atoms with Crippen LogP contribution in [0.2, 0.25) is 0 Å². The summed E-state index contributed by atoms with van der Waals surface area (Å²) in [5, 5.41) is 2.72. The molecule has 0 atom stereocenters. The summed E-state index contributed by atoms with van der Waals surface area (Å²) in [5.74, 6) is -0.739. The van der Waals surface area contributed by atoms with E-state index < -0.39 is 17.6 Å². The summed E-state index contributed by atoms with van der Waals surface area (Å²) in [4.78, 5) is 31.0. The second-order valence-electron chi connectivity index (χ2n) is 7.76. The second kappa shape index (κ2) is 8.59. The Morgan fingerprint density at radius 1 is 1.19 bits per heavy atom. The molecule has 8 heteroatoms. The molecule has 0 saturated carbocycles. The second-order valence-corrected chi connectivity index (χ2v) is 7.76. The number of anilines is 2. The van der Waals surface area contributed by atoms with Gasteiger partial charge in [-0.3, -0.25) is 9.59 Å². The standard InChI is InChI=1S/C23H23FN4O3/c1-14-7-9-28(10-8-14)19-6-5-17(12-18(19)22(25)29)27-23(30)20-21(31-13-26-20)15-3-2-4-16(24)11-15/h2-6,11-14H,7-10H2,1H3,(H2,25,29)(H,27,30). The summed E-state index contributed by atoms with van der Waals surface area (Å²) in [7, 11) is 0. The SMILES string of the molecule is CC1CCN(c2ccc(NC(=O)c3ncoc3-c3cccc(F)c3)cc2C(N)=O)CC1. The largest absolute Gasteiger partial charge is 0.443 e. The predicted octanol–water partition coefficient (Wildman–Crippen LogP) is 4.07. The molecule has 0 bridgehead atoms. The van der Waals surface area contributed by atoms with Crippen LogP contribution in [0.1, 0.15) is 40.6 Å². The third-order valence-electron chi connectivity index (χ3n) is 5.51. The first-order valence-corrected chi connectivity index (χ1v) is 10.1. The molecular formula is C23H23FN4O3. The van der Waals surface area contributed by atoms with E-state index in [2.05, 4.69) is 22.1 Å². The summed E-state index contributed by atoms with van der Waals surface area (Å²) in [6.07, 6.45) is 3.22. The molecule has 2 heterocycles. The lowest BCUT2D eigenvalue weighted by Crippen LogP contribution is -2.34. The molecule has 3 aromatic rings. The number of hydrogen-bond acceptors (Lipinski definition) is 5. The smallest absolute Gasteiger partial charge is 0.278 e. The van der Waals surface area contributed by atoms with Crippen molar-refractivity contribution < 1.29 is 18.4 Å². The van der Waals surface area contributed by atoms with Crippen LogP contribution in [0.25, 0.3) is 11.3 Å². The van der Waals surface area contributed by atoms with Gasteiger partial charge in [0.25, 0.3) is 11.8 Å². The number of benzene rings is 2. The maximum Gasteiger partial charge on any atom is 0.278 e. The van der Waals surface area contributed by atoms with Crippen LogP contribution >= 0.6 is 0 Å². The Labute approximate surface area is 179 Å². The van der Waals surface area contributed by atoms with Gasteiger partial charge in [-0.15, -0.1) is 0 Å². The Balaban J connectivity index is 1.58. The topological polar surface area (TPSA) is 101 Å². The molecule has 1 aromatic heterocycles. The van der Waals surface area contributed by atoms with Crippen molar-refractivity contribution in [1.29, 1.82) is 0 Å². The molecule has 0 unspecified atom stereocenters. The van der Waals surface area contributed by atoms with Crippen molar-refractivity contribution in [2.24, 2.45) is 11.7 Å². The zero-order valence-electron chi connectivity index (χ0n) is 17.1. The van der Waals surface area contributed by atoms with Crippen LogP contribution in [0.15, 0.2) is 53.3 Å². The molecule has 3 N–H and O–H groups in total. The van der Waals surface area contributed by atoms with Gasteiger partial charge in [0.1, 0.15) is 5.82 Å². The fourth-order valence-electron chi connectivity index (χ4n) is 3.77. The van der Waals surface area contributed by atoms with Crippen molar-refractivity contribution in [1.82, 2.24) is 4.98 Å². The third kappa shape index (κ3) is 4.42. The minimum absolute atomic E-state index is 0.0142. The van der Waals surface area contributed by atoms with Crippen molar-refractivity contribution in [3.63, 3.8) is 0 Å². The van der Waals surface area contributed by atoms with Gasteiger partial charge in [0, 0.05) is 30.0 Å². The van der Waals surface area contributed by atoms with Crippen molar-refractivity contribution in [2.75, 3.05) is 23.3 Å². The van der Waals surface area contributed by atoms with Gasteiger partial charge in [0.15, 0.2) is 17.8 Å². The maximum absolute atomic E-state index is 13.6. The predicted molar refractivity (Wildman–Crippen MR) is 115 cm³/mol. The molecule has 160 valence electrons. The molecule has 7 nitrogen and oxygen atoms in total. The Hall–Kier alpha value is -3.68. The van der Waals surface area contributed by atoms with E-state index in [1.807, 2.05) is 0 Å². The average Bonchev–Trinajstić information content (AvgIpc) is 3.24. The van der Waals surface area contributed by atoms with Crippen LogP contribution in [0.5, 0.6) is 0 Å². The van der Waals surface area contributed by atoms with Gasteiger partial charge in [-0.1, -0.05) is 19.1 Å². The highest BCUT2D eigenvalue weighted by atomic mass is 19.1. The molecule has 0 aliphatic carbocycles. The molecule has 1 aliphatic heterocycles. The zero-order chi connectivity index (χ0) is 22.0. The van der Waals surface area contributed by atoms with E-state index in [1.54, 1.807) is 24.3 Å². The number of aromatic nitrogens is 1. The van der Waals surface area contributed by atoms with Crippen LogP contribution in [0, 0.1) is 11.7 Å². The molecule has 2 amide bonds. The number of hydrogen-bond donors (Lipinski definition) is 2. The molecule has 1 fully saturated rings. The molecule has 0 spiro atoms. The number of halogens is 1. The molecular weight excluding hydrogens is 399 g/mol. The molecule has 31 heavy (non-hydrogen) atoms. The number of nitrogens with zero attached hydrogens (tertiary/aromatic N) is 2. The van der Waals surface area contributed by atoms with Gasteiger partial charge in [-0.25, -0.2) is 9.37 Å². The Morgan fingerprint density at radius 2 is 1.97 bits per heavy atom. The lowest BCUT2D eigenvalue weighted by molar-refractivity contribution is 0.0996. The number of piperidine rings is 1. The fraction of sp³-hybridized carbons (Fsp3) is 0.261. The average molecular weight is 422 g/mol. The van der Waals surface area contributed by atoms with Crippen molar-refractivity contribution in [3.8, 4) is 11.3 Å². The van der Waals surface area contributed by atoms with Gasteiger partial charge < -0.3 is 20.4 Å². The lowest BCUT2D eigenvalue weighted by atomic mass is 9.98. The molecule has 4 rings (SSSR count). The highest BCUT2D eigenvalue weighted by Gasteiger charge is 2.22. The first-order chi connectivity index (χ1) is 14.9. The van der Waals surface area contributed by atoms with Crippen molar-refractivity contribution in [2.45, 2.75) is 19.8 Å². The monoisotopic (exact) mass is 422 g/mol. The highest BCUT2D eigenvalue weighted by molar-refractivity contribution is 6.07. The first kappa shape index (κ1) is 20.6. The van der Waals surface area contributed by atoms with E-state index in [9.17, 15) is 14.0 Å². The van der Waals surface area contributed by atoms with Gasteiger partial charge in [0.05, 0.1) is 5.56 Å². The number of nitrogens with one attached hydrogen (secondary N) is 1. The Kier molecular flexibility index (Phi) is 5.70. The Morgan fingerprint density at radius 3 is 2.68 bits per heavy atom. The molecule has 0 radical (unpaired) electrons. The van der Waals surface area contributed by atoms with E-state index in [0.717, 1.165) is 38.0 Å². The molecule has 1 aliphatic rings. The van der Waals surface area contributed by atoms with Crippen LogP contribution in [0.3, 0.4) is 0 Å². The highest BCUT2D eigenvalue weighted by Crippen LogP contribution is 2.29. The van der Waals surface area contributed by atoms with Crippen LogP contribution < -0.4 is 16.0 Å². The third-order valence-corrected chi connectivity index (χ3v) is 5.51. The minimum Gasteiger partial charge on any atom is -0.443 e. The van der Waals surface area contributed by atoms with E-state index >= 15 is 0 Å². The number of carbonyl (C=O) groups excluding carboxylic acids is 2. The van der Waals surface area contributed by atoms with E-state index in [-0.39, 0.29) is 11.5 Å². The van der Waals surface area contributed by atoms with Crippen molar-refractivity contribution >= 4 is 23.2 Å². The number of nitrogens with two attached hydrogens (primary N) is 1. The van der Waals surface area contributed by atoms with Gasteiger partial charge in [-0.05, 0) is 49.1 Å². The van der Waals surface area contributed by atoms with E-state index in [1.165, 1.54) is 18.2 Å². The number of carbonyl (C=O) groups is 2. The van der Waals surface area contributed by atoms with Gasteiger partial charge in [-0.2, -0.15) is 0 Å². The first-order valence-electron chi connectivity index (χ1n) is 10.1. The van der Waals surface area contributed by atoms with E-state index in [4.69, 9.17) is 10.2 Å². The van der Waals surface area contributed by atoms with Crippen LogP contribution in [-0.4, -0.2) is 29.9 Å². The zero-order valence-corrected chi connectivity index (χ0v) is 17.1. The molecule has 2 aromatic carbocycles. The maximum atomic E-state index is 13.6. The number of oxazole rings is 1. The number of primary amides is 1. The summed E-state index contributed by atoms with van der Waals surface area (Å²) >= 11 is 0. The van der Waals surface area contributed by atoms with E-state index in [0.29, 0.717) is 22.7 Å².